The van der Waals surface area contributed by atoms with Crippen LogP contribution in [-0.4, -0.2) is 34.2 Å². The highest BCUT2D eigenvalue weighted by atomic mass is 16.5. The van der Waals surface area contributed by atoms with Gasteiger partial charge in [0.2, 0.25) is 17.7 Å². The predicted octanol–water partition coefficient (Wildman–Crippen LogP) is 2.00. The summed E-state index contributed by atoms with van der Waals surface area (Å²) in [4.78, 5) is 20.0. The molecule has 0 amide bonds. The molecule has 2 aromatic rings. The van der Waals surface area contributed by atoms with E-state index in [1.165, 1.54) is 0 Å². The second-order valence-electron chi connectivity index (χ2n) is 5.96. The molecule has 122 valence electrons. The van der Waals surface area contributed by atoms with Crippen LogP contribution in [0.5, 0.6) is 11.8 Å². The fourth-order valence-corrected chi connectivity index (χ4v) is 2.54. The maximum absolute atomic E-state index is 5.21. The van der Waals surface area contributed by atoms with Crippen molar-refractivity contribution in [3.63, 3.8) is 0 Å². The topological polar surface area (TPSA) is 73.3 Å². The molecule has 1 aliphatic rings. The van der Waals surface area contributed by atoms with Crippen molar-refractivity contribution in [2.45, 2.75) is 33.4 Å². The number of hydrogen-bond acceptors (Lipinski definition) is 7. The zero-order valence-corrected chi connectivity index (χ0v) is 13.9. The average Bonchev–Trinajstić information content (AvgIpc) is 2.97. The van der Waals surface area contributed by atoms with Crippen LogP contribution >= 0.6 is 0 Å². The van der Waals surface area contributed by atoms with Gasteiger partial charge in [-0.05, 0) is 5.92 Å². The molecule has 0 N–H and O–H groups in total. The maximum Gasteiger partial charge on any atom is 0.232 e. The highest BCUT2D eigenvalue weighted by Gasteiger charge is 2.24. The number of rotatable bonds is 5. The van der Waals surface area contributed by atoms with Crippen LogP contribution in [0.4, 0.5) is 5.95 Å². The minimum Gasteiger partial charge on any atom is -0.481 e. The Morgan fingerprint density at radius 3 is 2.39 bits per heavy atom. The second kappa shape index (κ2) is 6.36. The first-order valence-electron chi connectivity index (χ1n) is 7.64. The van der Waals surface area contributed by atoms with Gasteiger partial charge < -0.3 is 14.4 Å². The molecule has 7 heteroatoms. The number of methoxy groups -OCH3 is 2. The Morgan fingerprint density at radius 1 is 1.09 bits per heavy atom. The largest absolute Gasteiger partial charge is 0.481 e. The maximum atomic E-state index is 5.21. The van der Waals surface area contributed by atoms with Crippen LogP contribution in [0.15, 0.2) is 12.3 Å². The zero-order chi connectivity index (χ0) is 16.4. The number of nitrogens with zero attached hydrogens (tertiary/aromatic N) is 5. The smallest absolute Gasteiger partial charge is 0.232 e. The molecular formula is C16H21N5O2. The molecule has 0 atom stereocenters. The van der Waals surface area contributed by atoms with E-state index in [9.17, 15) is 0 Å². The van der Waals surface area contributed by atoms with Crippen molar-refractivity contribution in [1.82, 2.24) is 19.9 Å². The van der Waals surface area contributed by atoms with E-state index in [2.05, 4.69) is 33.8 Å². The first-order chi connectivity index (χ1) is 11.1. The lowest BCUT2D eigenvalue weighted by molar-refractivity contribution is 0.371. The van der Waals surface area contributed by atoms with Crippen LogP contribution in [0.1, 0.15) is 30.9 Å². The van der Waals surface area contributed by atoms with Crippen LogP contribution in [0, 0.1) is 5.92 Å². The van der Waals surface area contributed by atoms with Crippen molar-refractivity contribution in [3.8, 4) is 11.8 Å². The fraction of sp³-hybridized carbons (Fsp3) is 0.500. The van der Waals surface area contributed by atoms with Crippen LogP contribution < -0.4 is 14.4 Å². The molecule has 3 rings (SSSR count). The fourth-order valence-electron chi connectivity index (χ4n) is 2.54. The molecule has 2 aromatic heterocycles. The van der Waals surface area contributed by atoms with Crippen LogP contribution in [0.3, 0.4) is 0 Å². The van der Waals surface area contributed by atoms with E-state index < -0.39 is 0 Å². The lowest BCUT2D eigenvalue weighted by Crippen LogP contribution is -2.18. The van der Waals surface area contributed by atoms with Crippen LogP contribution in [-0.2, 0) is 19.5 Å². The summed E-state index contributed by atoms with van der Waals surface area (Å²) in [6, 6.07) is 1.66. The molecule has 0 saturated carbocycles. The van der Waals surface area contributed by atoms with Gasteiger partial charge in [-0.1, -0.05) is 13.8 Å². The van der Waals surface area contributed by atoms with Crippen LogP contribution in [0.2, 0.25) is 0 Å². The van der Waals surface area contributed by atoms with Gasteiger partial charge in [0.05, 0.1) is 32.5 Å². The van der Waals surface area contributed by atoms with Crippen molar-refractivity contribution in [2.75, 3.05) is 19.1 Å². The lowest BCUT2D eigenvalue weighted by atomic mass is 10.1. The van der Waals surface area contributed by atoms with Crippen molar-refractivity contribution >= 4 is 5.95 Å². The van der Waals surface area contributed by atoms with Gasteiger partial charge in [-0.2, -0.15) is 9.97 Å². The molecule has 0 aliphatic carbocycles. The van der Waals surface area contributed by atoms with Crippen LogP contribution in [0.25, 0.3) is 0 Å². The van der Waals surface area contributed by atoms with E-state index in [0.717, 1.165) is 23.5 Å². The van der Waals surface area contributed by atoms with E-state index in [-0.39, 0.29) is 0 Å². The number of ether oxygens (including phenoxy) is 2. The number of anilines is 1. The molecule has 23 heavy (non-hydrogen) atoms. The number of fused-ring (bicyclic) bond motifs is 1. The van der Waals surface area contributed by atoms with Gasteiger partial charge in [-0.3, -0.25) is 0 Å². The van der Waals surface area contributed by atoms with Gasteiger partial charge >= 0.3 is 0 Å². The van der Waals surface area contributed by atoms with E-state index in [0.29, 0.717) is 36.7 Å². The molecule has 3 heterocycles. The van der Waals surface area contributed by atoms with Gasteiger partial charge in [0.1, 0.15) is 5.82 Å². The van der Waals surface area contributed by atoms with Gasteiger partial charge in [0.15, 0.2) is 0 Å². The van der Waals surface area contributed by atoms with Crippen molar-refractivity contribution in [3.05, 3.63) is 29.3 Å². The molecule has 0 fully saturated rings. The van der Waals surface area contributed by atoms with E-state index in [1.54, 1.807) is 20.3 Å². The normalized spacial score (nSPS) is 13.3. The molecule has 7 nitrogen and oxygen atoms in total. The summed E-state index contributed by atoms with van der Waals surface area (Å²) in [6.45, 7) is 5.69. The van der Waals surface area contributed by atoms with Gasteiger partial charge in [-0.15, -0.1) is 0 Å². The molecule has 0 saturated heterocycles. The van der Waals surface area contributed by atoms with Crippen molar-refractivity contribution in [2.24, 2.45) is 5.92 Å². The Bertz CT molecular complexity index is 683. The summed E-state index contributed by atoms with van der Waals surface area (Å²) < 4.78 is 10.4. The molecule has 0 unspecified atom stereocenters. The second-order valence-corrected chi connectivity index (χ2v) is 5.96. The first kappa shape index (κ1) is 15.5. The van der Waals surface area contributed by atoms with Crippen molar-refractivity contribution < 1.29 is 9.47 Å². The minimum absolute atomic E-state index is 0.481. The quantitative estimate of drug-likeness (QED) is 0.835. The first-order valence-corrected chi connectivity index (χ1v) is 7.64. The summed E-state index contributed by atoms with van der Waals surface area (Å²) in [5, 5.41) is 0. The number of hydrogen-bond donors (Lipinski definition) is 0. The molecule has 0 spiro atoms. The molecule has 0 bridgehead atoms. The van der Waals surface area contributed by atoms with Gasteiger partial charge in [-0.25, -0.2) is 9.97 Å². The monoisotopic (exact) mass is 315 g/mol. The summed E-state index contributed by atoms with van der Waals surface area (Å²) >= 11 is 0. The Labute approximate surface area is 135 Å². The SMILES string of the molecule is COc1cc(OC)nc(N2Cc3cnc(CC(C)C)nc3C2)n1. The molecular weight excluding hydrogens is 294 g/mol. The van der Waals surface area contributed by atoms with Crippen molar-refractivity contribution in [1.29, 1.82) is 0 Å². The highest BCUT2D eigenvalue weighted by molar-refractivity contribution is 5.42. The van der Waals surface area contributed by atoms with Gasteiger partial charge in [0.25, 0.3) is 0 Å². The van der Waals surface area contributed by atoms with E-state index >= 15 is 0 Å². The zero-order valence-electron chi connectivity index (χ0n) is 13.9. The Hall–Kier alpha value is -2.44. The number of aromatic nitrogens is 4. The Balaban J connectivity index is 1.84. The third kappa shape index (κ3) is 3.33. The molecule has 1 aliphatic heterocycles. The molecule has 0 radical (unpaired) electrons. The lowest BCUT2D eigenvalue weighted by Gasteiger charge is -2.16. The third-order valence-electron chi connectivity index (χ3n) is 3.67. The summed E-state index contributed by atoms with van der Waals surface area (Å²) in [5.74, 6) is 2.97. The van der Waals surface area contributed by atoms with Gasteiger partial charge in [0, 0.05) is 24.7 Å². The Morgan fingerprint density at radius 2 is 1.78 bits per heavy atom. The summed E-state index contributed by atoms with van der Waals surface area (Å²) in [6.07, 6.45) is 2.80. The highest BCUT2D eigenvalue weighted by Crippen LogP contribution is 2.27. The standard InChI is InChI=1S/C16H21N5O2/c1-10(2)5-13-17-7-11-8-21(9-12(11)18-13)16-19-14(22-3)6-15(20-16)23-4/h6-7,10H,5,8-9H2,1-4H3. The summed E-state index contributed by atoms with van der Waals surface area (Å²) in [7, 11) is 3.15. The average molecular weight is 315 g/mol. The summed E-state index contributed by atoms with van der Waals surface area (Å²) in [5.41, 5.74) is 2.16. The predicted molar refractivity (Wildman–Crippen MR) is 85.6 cm³/mol. The van der Waals surface area contributed by atoms with E-state index in [4.69, 9.17) is 9.47 Å². The minimum atomic E-state index is 0.481. The van der Waals surface area contributed by atoms with E-state index in [1.807, 2.05) is 11.1 Å². The third-order valence-corrected chi connectivity index (χ3v) is 3.67. The Kier molecular flexibility index (Phi) is 4.27. The molecule has 0 aromatic carbocycles.